The number of aliphatic hydroxyl groups excluding tert-OH is 1. The Hall–Kier alpha value is -2.96. The van der Waals surface area contributed by atoms with Gasteiger partial charge in [-0.15, -0.1) is 6.58 Å². The van der Waals surface area contributed by atoms with Crippen molar-refractivity contribution in [2.75, 3.05) is 13.1 Å². The minimum Gasteiger partial charge on any atom is -0.439 e. The van der Waals surface area contributed by atoms with Crippen LogP contribution in [0.1, 0.15) is 32.3 Å². The van der Waals surface area contributed by atoms with Gasteiger partial charge in [-0.3, -0.25) is 4.90 Å². The van der Waals surface area contributed by atoms with E-state index < -0.39 is 6.10 Å². The molecular formula is C27H34FN3O2. The van der Waals surface area contributed by atoms with Crippen LogP contribution in [0, 0.1) is 11.7 Å². The number of nitrogens with zero attached hydrogens (tertiary/aromatic N) is 3. The summed E-state index contributed by atoms with van der Waals surface area (Å²) in [4.78, 5) is 2.25. The van der Waals surface area contributed by atoms with Gasteiger partial charge >= 0.3 is 0 Å². The highest BCUT2D eigenvalue weighted by molar-refractivity contribution is 5.65. The van der Waals surface area contributed by atoms with Crippen molar-refractivity contribution in [3.05, 3.63) is 78.6 Å². The molecule has 0 aliphatic carbocycles. The molecule has 0 saturated carbocycles. The number of hydrogen-bond acceptors (Lipinski definition) is 4. The minimum atomic E-state index is -0.444. The van der Waals surface area contributed by atoms with Gasteiger partial charge in [0.05, 0.1) is 11.7 Å². The van der Waals surface area contributed by atoms with E-state index >= 15 is 0 Å². The Morgan fingerprint density at radius 3 is 2.45 bits per heavy atom. The molecule has 0 saturated heterocycles. The van der Waals surface area contributed by atoms with Crippen LogP contribution in [0.4, 0.5) is 4.39 Å². The van der Waals surface area contributed by atoms with Crippen LogP contribution in [0.5, 0.6) is 11.6 Å². The first-order valence-corrected chi connectivity index (χ1v) is 11.4. The molecule has 0 spiro atoms. The predicted molar refractivity (Wildman–Crippen MR) is 131 cm³/mol. The number of aliphatic hydroxyl groups is 1. The van der Waals surface area contributed by atoms with Crippen LogP contribution in [0.2, 0.25) is 0 Å². The molecule has 1 unspecified atom stereocenters. The fourth-order valence-electron chi connectivity index (χ4n) is 3.91. The maximum atomic E-state index is 13.4. The molecule has 1 atom stereocenters. The van der Waals surface area contributed by atoms with Crippen LogP contribution >= 0.6 is 0 Å². The molecule has 176 valence electrons. The number of ether oxygens (including phenoxy) is 1. The lowest BCUT2D eigenvalue weighted by molar-refractivity contribution is 0.0953. The van der Waals surface area contributed by atoms with Gasteiger partial charge in [0.1, 0.15) is 17.3 Å². The quantitative estimate of drug-likeness (QED) is 0.354. The molecule has 6 heteroatoms. The van der Waals surface area contributed by atoms with Gasteiger partial charge in [0.25, 0.3) is 0 Å². The number of halogens is 1. The molecule has 5 nitrogen and oxygen atoms in total. The smallest absolute Gasteiger partial charge is 0.222 e. The largest absolute Gasteiger partial charge is 0.439 e. The second-order valence-electron chi connectivity index (χ2n) is 8.79. The van der Waals surface area contributed by atoms with Crippen molar-refractivity contribution >= 4 is 0 Å². The Morgan fingerprint density at radius 2 is 1.82 bits per heavy atom. The molecular weight excluding hydrogens is 417 g/mol. The number of aromatic nitrogens is 2. The lowest BCUT2D eigenvalue weighted by Gasteiger charge is -2.27. The van der Waals surface area contributed by atoms with Gasteiger partial charge in [-0.1, -0.05) is 50.3 Å². The normalized spacial score (nSPS) is 12.3. The Balaban J connectivity index is 1.97. The number of rotatable bonds is 12. The molecule has 1 aromatic heterocycles. The SMILES string of the molecule is C=CCCC(O)CN(Cc1c(-c2ccccc2)nn(C)c1Oc1ccc(F)cc1)CC(C)C. The topological polar surface area (TPSA) is 50.5 Å². The zero-order valence-electron chi connectivity index (χ0n) is 19.7. The zero-order chi connectivity index (χ0) is 23.8. The van der Waals surface area contributed by atoms with Gasteiger partial charge < -0.3 is 9.84 Å². The molecule has 3 aromatic rings. The molecule has 0 fully saturated rings. The molecule has 1 N–H and O–H groups in total. The van der Waals surface area contributed by atoms with Gasteiger partial charge in [0.2, 0.25) is 5.88 Å². The van der Waals surface area contributed by atoms with E-state index in [-0.39, 0.29) is 5.82 Å². The molecule has 0 aliphatic rings. The van der Waals surface area contributed by atoms with E-state index in [9.17, 15) is 9.50 Å². The van der Waals surface area contributed by atoms with E-state index in [4.69, 9.17) is 9.84 Å². The third-order valence-electron chi connectivity index (χ3n) is 5.34. The van der Waals surface area contributed by atoms with Crippen molar-refractivity contribution in [1.82, 2.24) is 14.7 Å². The summed E-state index contributed by atoms with van der Waals surface area (Å²) in [6, 6.07) is 16.0. The van der Waals surface area contributed by atoms with E-state index in [0.717, 1.165) is 29.8 Å². The van der Waals surface area contributed by atoms with Crippen molar-refractivity contribution in [2.24, 2.45) is 13.0 Å². The molecule has 0 radical (unpaired) electrons. The monoisotopic (exact) mass is 451 g/mol. The van der Waals surface area contributed by atoms with E-state index in [0.29, 0.717) is 37.1 Å². The summed E-state index contributed by atoms with van der Waals surface area (Å²) >= 11 is 0. The van der Waals surface area contributed by atoms with Crippen molar-refractivity contribution in [3.63, 3.8) is 0 Å². The number of hydrogen-bond donors (Lipinski definition) is 1. The first-order chi connectivity index (χ1) is 15.9. The fraction of sp³-hybridized carbons (Fsp3) is 0.370. The predicted octanol–water partition coefficient (Wildman–Crippen LogP) is 5.80. The second kappa shape index (κ2) is 11.8. The molecule has 0 bridgehead atoms. The lowest BCUT2D eigenvalue weighted by atomic mass is 10.1. The molecule has 3 rings (SSSR count). The van der Waals surface area contributed by atoms with Gasteiger partial charge in [0.15, 0.2) is 0 Å². The molecule has 1 heterocycles. The lowest BCUT2D eigenvalue weighted by Crippen LogP contribution is -2.35. The van der Waals surface area contributed by atoms with E-state index in [1.54, 1.807) is 16.8 Å². The van der Waals surface area contributed by atoms with E-state index in [1.165, 1.54) is 12.1 Å². The highest BCUT2D eigenvalue weighted by Gasteiger charge is 2.23. The first-order valence-electron chi connectivity index (χ1n) is 11.4. The maximum absolute atomic E-state index is 13.4. The summed E-state index contributed by atoms with van der Waals surface area (Å²) in [7, 11) is 1.85. The van der Waals surface area contributed by atoms with Gasteiger partial charge in [0, 0.05) is 32.2 Å². The zero-order valence-corrected chi connectivity index (χ0v) is 19.7. The highest BCUT2D eigenvalue weighted by atomic mass is 19.1. The van der Waals surface area contributed by atoms with E-state index in [1.807, 2.05) is 43.5 Å². The van der Waals surface area contributed by atoms with Crippen molar-refractivity contribution in [2.45, 2.75) is 39.3 Å². The van der Waals surface area contributed by atoms with Crippen LogP contribution in [0.25, 0.3) is 11.3 Å². The Bertz CT molecular complexity index is 1020. The number of allylic oxidation sites excluding steroid dienone is 1. The average Bonchev–Trinajstić information content (AvgIpc) is 3.09. The van der Waals surface area contributed by atoms with Crippen LogP contribution in [-0.4, -0.2) is 39.0 Å². The standard InChI is InChI=1S/C27H34FN3O2/c1-5-6-12-23(32)18-31(17-20(2)3)19-25-26(21-10-8-7-9-11-21)29-30(4)27(25)33-24-15-13-22(28)14-16-24/h5,7-11,13-16,20,23,32H,1,6,12,17-19H2,2-4H3. The van der Waals surface area contributed by atoms with Crippen molar-refractivity contribution < 1.29 is 14.2 Å². The van der Waals surface area contributed by atoms with Crippen molar-refractivity contribution in [3.8, 4) is 22.9 Å². The number of aryl methyl sites for hydroxylation is 1. The number of benzene rings is 2. The van der Waals surface area contributed by atoms with Crippen molar-refractivity contribution in [1.29, 1.82) is 0 Å². The summed E-state index contributed by atoms with van der Waals surface area (Å²) in [6.07, 6.45) is 2.84. The van der Waals surface area contributed by atoms with Gasteiger partial charge in [-0.05, 0) is 43.0 Å². The van der Waals surface area contributed by atoms with Crippen LogP contribution in [-0.2, 0) is 13.6 Å². The maximum Gasteiger partial charge on any atom is 0.222 e. The summed E-state index contributed by atoms with van der Waals surface area (Å²) in [6.45, 7) is 10.0. The van der Waals surface area contributed by atoms with Crippen LogP contribution < -0.4 is 4.74 Å². The van der Waals surface area contributed by atoms with E-state index in [2.05, 4.69) is 25.3 Å². The Morgan fingerprint density at radius 1 is 1.12 bits per heavy atom. The minimum absolute atomic E-state index is 0.311. The first kappa shape index (κ1) is 24.7. The molecule has 33 heavy (non-hydrogen) atoms. The summed E-state index contributed by atoms with van der Waals surface area (Å²) in [5.74, 6) is 1.26. The molecule has 0 amide bonds. The molecule has 0 aliphatic heterocycles. The Kier molecular flexibility index (Phi) is 8.80. The fourth-order valence-corrected chi connectivity index (χ4v) is 3.91. The van der Waals surface area contributed by atoms with Crippen LogP contribution in [0.15, 0.2) is 67.3 Å². The summed E-state index contributed by atoms with van der Waals surface area (Å²) in [5.41, 5.74) is 2.77. The summed E-state index contributed by atoms with van der Waals surface area (Å²) in [5, 5.41) is 15.4. The average molecular weight is 452 g/mol. The van der Waals surface area contributed by atoms with Gasteiger partial charge in [-0.2, -0.15) is 5.10 Å². The third-order valence-corrected chi connectivity index (χ3v) is 5.34. The third kappa shape index (κ3) is 7.01. The highest BCUT2D eigenvalue weighted by Crippen LogP contribution is 2.34. The Labute approximate surface area is 196 Å². The summed E-state index contributed by atoms with van der Waals surface area (Å²) < 4.78 is 21.3. The second-order valence-corrected chi connectivity index (χ2v) is 8.79. The van der Waals surface area contributed by atoms with Crippen LogP contribution in [0.3, 0.4) is 0 Å². The molecule has 2 aromatic carbocycles. The van der Waals surface area contributed by atoms with Gasteiger partial charge in [-0.25, -0.2) is 9.07 Å².